The minimum Gasteiger partial charge on any atom is -0.368 e. The number of hydrogen-bond acceptors (Lipinski definition) is 2. The van der Waals surface area contributed by atoms with Crippen LogP contribution in [0.2, 0.25) is 0 Å². The summed E-state index contributed by atoms with van der Waals surface area (Å²) in [6.07, 6.45) is 2.69. The molecule has 0 aromatic heterocycles. The molecule has 0 spiro atoms. The lowest BCUT2D eigenvalue weighted by atomic mass is 10.1. The fourth-order valence-corrected chi connectivity index (χ4v) is 2.11. The normalized spacial score (nSPS) is 15.5. The van der Waals surface area contributed by atoms with Crippen molar-refractivity contribution in [1.29, 1.82) is 0 Å². The molecule has 1 aliphatic carbocycles. The van der Waals surface area contributed by atoms with Gasteiger partial charge in [-0.3, -0.25) is 0 Å². The largest absolute Gasteiger partial charge is 0.368 e. The summed E-state index contributed by atoms with van der Waals surface area (Å²) in [7, 11) is 0. The van der Waals surface area contributed by atoms with Gasteiger partial charge in [0.25, 0.3) is 0 Å². The van der Waals surface area contributed by atoms with Crippen LogP contribution in [0.4, 0.5) is 5.69 Å². The van der Waals surface area contributed by atoms with E-state index in [-0.39, 0.29) is 0 Å². The maximum atomic E-state index is 5.69. The van der Waals surface area contributed by atoms with Gasteiger partial charge in [0.1, 0.15) is 0 Å². The summed E-state index contributed by atoms with van der Waals surface area (Å²) >= 11 is 0. The molecule has 1 saturated carbocycles. The Morgan fingerprint density at radius 2 is 2.12 bits per heavy atom. The summed E-state index contributed by atoms with van der Waals surface area (Å²) in [6, 6.07) is 9.44. The third-order valence-electron chi connectivity index (χ3n) is 3.03. The SMILES string of the molecule is CC(C)CN(c1cccc(CN)c1)C1CC1. The van der Waals surface area contributed by atoms with Crippen LogP contribution >= 0.6 is 0 Å². The van der Waals surface area contributed by atoms with E-state index in [2.05, 4.69) is 43.0 Å². The molecule has 2 heteroatoms. The molecule has 0 bridgehead atoms. The Labute approximate surface area is 98.4 Å². The van der Waals surface area contributed by atoms with Crippen LogP contribution in [-0.4, -0.2) is 12.6 Å². The molecule has 0 heterocycles. The van der Waals surface area contributed by atoms with E-state index in [1.165, 1.54) is 24.1 Å². The van der Waals surface area contributed by atoms with Crippen LogP contribution in [0, 0.1) is 5.92 Å². The van der Waals surface area contributed by atoms with Crippen molar-refractivity contribution in [2.75, 3.05) is 11.4 Å². The fraction of sp³-hybridized carbons (Fsp3) is 0.571. The summed E-state index contributed by atoms with van der Waals surface area (Å²) in [6.45, 7) is 6.34. The Bertz CT molecular complexity index is 342. The lowest BCUT2D eigenvalue weighted by Crippen LogP contribution is -2.29. The zero-order valence-corrected chi connectivity index (χ0v) is 10.3. The standard InChI is InChI=1S/C14H22N2/c1-11(2)10-16(13-6-7-13)14-5-3-4-12(8-14)9-15/h3-5,8,11,13H,6-7,9-10,15H2,1-2H3. The molecule has 0 aliphatic heterocycles. The van der Waals surface area contributed by atoms with E-state index in [1.807, 2.05) is 0 Å². The van der Waals surface area contributed by atoms with Crippen molar-refractivity contribution in [2.24, 2.45) is 11.7 Å². The fourth-order valence-electron chi connectivity index (χ4n) is 2.11. The molecule has 1 fully saturated rings. The third-order valence-corrected chi connectivity index (χ3v) is 3.03. The smallest absolute Gasteiger partial charge is 0.0372 e. The highest BCUT2D eigenvalue weighted by atomic mass is 15.2. The lowest BCUT2D eigenvalue weighted by Gasteiger charge is -2.27. The van der Waals surface area contributed by atoms with Gasteiger partial charge in [-0.05, 0) is 36.5 Å². The zero-order chi connectivity index (χ0) is 11.5. The molecule has 1 aromatic carbocycles. The van der Waals surface area contributed by atoms with Crippen LogP contribution in [0.5, 0.6) is 0 Å². The molecule has 0 saturated heterocycles. The number of benzene rings is 1. The van der Waals surface area contributed by atoms with E-state index in [1.54, 1.807) is 0 Å². The predicted octanol–water partition coefficient (Wildman–Crippen LogP) is 2.77. The van der Waals surface area contributed by atoms with Gasteiger partial charge in [0.15, 0.2) is 0 Å². The average molecular weight is 218 g/mol. The second kappa shape index (κ2) is 4.88. The molecule has 16 heavy (non-hydrogen) atoms. The van der Waals surface area contributed by atoms with Gasteiger partial charge >= 0.3 is 0 Å². The molecule has 0 radical (unpaired) electrons. The van der Waals surface area contributed by atoms with Gasteiger partial charge in [-0.1, -0.05) is 26.0 Å². The number of hydrogen-bond donors (Lipinski definition) is 1. The molecular formula is C14H22N2. The van der Waals surface area contributed by atoms with Crippen molar-refractivity contribution in [3.05, 3.63) is 29.8 Å². The first kappa shape index (κ1) is 11.5. The zero-order valence-electron chi connectivity index (χ0n) is 10.3. The monoisotopic (exact) mass is 218 g/mol. The molecule has 1 aromatic rings. The van der Waals surface area contributed by atoms with E-state index >= 15 is 0 Å². The third kappa shape index (κ3) is 2.76. The molecule has 0 atom stereocenters. The molecule has 0 amide bonds. The minimum absolute atomic E-state index is 0.633. The van der Waals surface area contributed by atoms with E-state index in [0.29, 0.717) is 12.5 Å². The van der Waals surface area contributed by atoms with Gasteiger partial charge in [0.05, 0.1) is 0 Å². The molecule has 2 rings (SSSR count). The first-order valence-electron chi connectivity index (χ1n) is 6.26. The molecule has 2 nitrogen and oxygen atoms in total. The van der Waals surface area contributed by atoms with Crippen molar-refractivity contribution in [3.8, 4) is 0 Å². The molecule has 0 unspecified atom stereocenters. The quantitative estimate of drug-likeness (QED) is 0.823. The van der Waals surface area contributed by atoms with Crippen LogP contribution in [0.3, 0.4) is 0 Å². The van der Waals surface area contributed by atoms with Gasteiger partial charge in [0, 0.05) is 24.8 Å². The first-order chi connectivity index (χ1) is 7.70. The van der Waals surface area contributed by atoms with Crippen molar-refractivity contribution in [2.45, 2.75) is 39.3 Å². The molecular weight excluding hydrogens is 196 g/mol. The van der Waals surface area contributed by atoms with Crippen molar-refractivity contribution >= 4 is 5.69 Å². The Balaban J connectivity index is 2.16. The van der Waals surface area contributed by atoms with Crippen molar-refractivity contribution in [1.82, 2.24) is 0 Å². The predicted molar refractivity (Wildman–Crippen MR) is 69.5 cm³/mol. The highest BCUT2D eigenvalue weighted by Crippen LogP contribution is 2.32. The van der Waals surface area contributed by atoms with E-state index < -0.39 is 0 Å². The van der Waals surface area contributed by atoms with Crippen molar-refractivity contribution < 1.29 is 0 Å². The van der Waals surface area contributed by atoms with Crippen LogP contribution in [0.1, 0.15) is 32.3 Å². The first-order valence-corrected chi connectivity index (χ1v) is 6.26. The second-order valence-corrected chi connectivity index (χ2v) is 5.15. The summed E-state index contributed by atoms with van der Waals surface area (Å²) in [4.78, 5) is 2.55. The average Bonchev–Trinajstić information content (AvgIpc) is 3.09. The highest BCUT2D eigenvalue weighted by Gasteiger charge is 2.29. The minimum atomic E-state index is 0.633. The number of rotatable bonds is 5. The van der Waals surface area contributed by atoms with Crippen LogP contribution in [-0.2, 0) is 6.54 Å². The maximum absolute atomic E-state index is 5.69. The van der Waals surface area contributed by atoms with Crippen LogP contribution in [0.25, 0.3) is 0 Å². The Morgan fingerprint density at radius 1 is 1.38 bits per heavy atom. The van der Waals surface area contributed by atoms with Gasteiger partial charge in [0.2, 0.25) is 0 Å². The molecule has 1 aliphatic rings. The Morgan fingerprint density at radius 3 is 2.69 bits per heavy atom. The molecule has 2 N–H and O–H groups in total. The summed E-state index contributed by atoms with van der Waals surface area (Å²) in [5, 5.41) is 0. The van der Waals surface area contributed by atoms with Crippen LogP contribution < -0.4 is 10.6 Å². The summed E-state index contributed by atoms with van der Waals surface area (Å²) in [5.41, 5.74) is 8.27. The Hall–Kier alpha value is -1.02. The summed E-state index contributed by atoms with van der Waals surface area (Å²) < 4.78 is 0. The van der Waals surface area contributed by atoms with Gasteiger partial charge in [-0.2, -0.15) is 0 Å². The van der Waals surface area contributed by atoms with E-state index in [4.69, 9.17) is 5.73 Å². The number of anilines is 1. The number of nitrogens with zero attached hydrogens (tertiary/aromatic N) is 1. The molecule has 88 valence electrons. The van der Waals surface area contributed by atoms with E-state index in [0.717, 1.165) is 12.6 Å². The maximum Gasteiger partial charge on any atom is 0.0372 e. The second-order valence-electron chi connectivity index (χ2n) is 5.15. The topological polar surface area (TPSA) is 29.3 Å². The highest BCUT2D eigenvalue weighted by molar-refractivity contribution is 5.50. The summed E-state index contributed by atoms with van der Waals surface area (Å²) in [5.74, 6) is 0.710. The Kier molecular flexibility index (Phi) is 3.49. The number of nitrogens with two attached hydrogens (primary N) is 1. The van der Waals surface area contributed by atoms with Gasteiger partial charge in [-0.15, -0.1) is 0 Å². The van der Waals surface area contributed by atoms with Crippen molar-refractivity contribution in [3.63, 3.8) is 0 Å². The lowest BCUT2D eigenvalue weighted by molar-refractivity contribution is 0.607. The van der Waals surface area contributed by atoms with E-state index in [9.17, 15) is 0 Å². The van der Waals surface area contributed by atoms with Gasteiger partial charge in [-0.25, -0.2) is 0 Å². The van der Waals surface area contributed by atoms with Gasteiger partial charge < -0.3 is 10.6 Å². The van der Waals surface area contributed by atoms with Crippen LogP contribution in [0.15, 0.2) is 24.3 Å².